The Kier molecular flexibility index (Phi) is 3.61. The first-order valence-corrected chi connectivity index (χ1v) is 5.67. The van der Waals surface area contributed by atoms with Crippen LogP contribution in [0, 0.1) is 0 Å². The van der Waals surface area contributed by atoms with Crippen molar-refractivity contribution in [1.29, 1.82) is 0 Å². The van der Waals surface area contributed by atoms with Crippen molar-refractivity contribution >= 4 is 5.69 Å². The molecule has 0 radical (unpaired) electrons. The fourth-order valence-corrected chi connectivity index (χ4v) is 1.95. The number of aromatic nitrogens is 2. The van der Waals surface area contributed by atoms with Crippen LogP contribution in [0.5, 0.6) is 0 Å². The van der Waals surface area contributed by atoms with Gasteiger partial charge in [0.1, 0.15) is 5.69 Å². The van der Waals surface area contributed by atoms with E-state index in [0.29, 0.717) is 5.69 Å². The minimum atomic E-state index is -0.0388. The van der Waals surface area contributed by atoms with Crippen LogP contribution < -0.4 is 11.3 Å². The van der Waals surface area contributed by atoms with Crippen molar-refractivity contribution in [1.82, 2.24) is 9.36 Å². The van der Waals surface area contributed by atoms with E-state index in [1.165, 1.54) is 0 Å². The van der Waals surface area contributed by atoms with Crippen LogP contribution in [0.3, 0.4) is 0 Å². The number of anilines is 1. The lowest BCUT2D eigenvalue weighted by atomic mass is 10.3. The fraction of sp³-hybridized carbons (Fsp3) is 0.727. The van der Waals surface area contributed by atoms with Gasteiger partial charge in [-0.3, -0.25) is 9.48 Å². The molecule has 0 saturated heterocycles. The van der Waals surface area contributed by atoms with E-state index in [4.69, 9.17) is 5.73 Å². The summed E-state index contributed by atoms with van der Waals surface area (Å²) in [6.45, 7) is 8.98. The van der Waals surface area contributed by atoms with Gasteiger partial charge in [0.05, 0.1) is 11.7 Å². The third kappa shape index (κ3) is 1.80. The molecule has 15 heavy (non-hydrogen) atoms. The topological polar surface area (TPSA) is 53.0 Å². The zero-order chi connectivity index (χ0) is 11.6. The van der Waals surface area contributed by atoms with Gasteiger partial charge in [-0.2, -0.15) is 0 Å². The molecule has 4 nitrogen and oxygen atoms in total. The summed E-state index contributed by atoms with van der Waals surface area (Å²) in [6, 6.07) is 0.208. The summed E-state index contributed by atoms with van der Waals surface area (Å²) in [5.74, 6) is 0. The zero-order valence-electron chi connectivity index (χ0n) is 10.1. The molecule has 0 aliphatic carbocycles. The lowest BCUT2D eigenvalue weighted by molar-refractivity contribution is 0.373. The summed E-state index contributed by atoms with van der Waals surface area (Å²) in [5, 5.41) is 0. The van der Waals surface area contributed by atoms with Crippen LogP contribution in [-0.4, -0.2) is 9.36 Å². The quantitative estimate of drug-likeness (QED) is 0.825. The van der Waals surface area contributed by atoms with E-state index >= 15 is 0 Å². The molecule has 1 aromatic heterocycles. The van der Waals surface area contributed by atoms with Gasteiger partial charge >= 0.3 is 0 Å². The normalized spacial score (nSPS) is 13.1. The number of nitrogen functional groups attached to an aromatic ring is 1. The molecule has 1 heterocycles. The van der Waals surface area contributed by atoms with Crippen molar-refractivity contribution in [3.8, 4) is 0 Å². The standard InChI is InChI=1S/C11H21N3O/c1-5-8(4)14-11(15)10(12)9(6-2)13(14)7-3/h8H,5-7,12H2,1-4H3. The number of hydrogen-bond acceptors (Lipinski definition) is 2. The van der Waals surface area contributed by atoms with Crippen molar-refractivity contribution in [2.45, 2.75) is 53.1 Å². The highest BCUT2D eigenvalue weighted by Crippen LogP contribution is 2.15. The van der Waals surface area contributed by atoms with E-state index in [9.17, 15) is 4.79 Å². The zero-order valence-corrected chi connectivity index (χ0v) is 10.1. The van der Waals surface area contributed by atoms with Crippen LogP contribution in [-0.2, 0) is 13.0 Å². The molecule has 0 aromatic carbocycles. The van der Waals surface area contributed by atoms with E-state index in [0.717, 1.165) is 25.1 Å². The molecule has 0 aliphatic rings. The molecular formula is C11H21N3O. The molecule has 0 amide bonds. The second kappa shape index (κ2) is 4.55. The minimum Gasteiger partial charge on any atom is -0.393 e. The maximum absolute atomic E-state index is 11.9. The first-order chi connectivity index (χ1) is 7.08. The maximum atomic E-state index is 11.9. The van der Waals surface area contributed by atoms with E-state index in [2.05, 4.69) is 6.92 Å². The third-order valence-corrected chi connectivity index (χ3v) is 2.96. The van der Waals surface area contributed by atoms with Crippen molar-refractivity contribution in [3.05, 3.63) is 16.0 Å². The van der Waals surface area contributed by atoms with Crippen LogP contribution >= 0.6 is 0 Å². The Labute approximate surface area is 90.7 Å². The van der Waals surface area contributed by atoms with Gasteiger partial charge < -0.3 is 5.73 Å². The minimum absolute atomic E-state index is 0.0388. The monoisotopic (exact) mass is 211 g/mol. The Morgan fingerprint density at radius 2 is 1.93 bits per heavy atom. The Morgan fingerprint density at radius 1 is 1.33 bits per heavy atom. The SMILES string of the molecule is CCc1c(N)c(=O)n(C(C)CC)n1CC. The van der Waals surface area contributed by atoms with Gasteiger partial charge in [0.15, 0.2) is 0 Å². The van der Waals surface area contributed by atoms with Gasteiger partial charge in [-0.25, -0.2) is 4.68 Å². The summed E-state index contributed by atoms with van der Waals surface area (Å²) < 4.78 is 3.79. The predicted molar refractivity (Wildman–Crippen MR) is 63.2 cm³/mol. The van der Waals surface area contributed by atoms with Crippen molar-refractivity contribution in [2.24, 2.45) is 0 Å². The van der Waals surface area contributed by atoms with E-state index < -0.39 is 0 Å². The molecule has 0 fully saturated rings. The Bertz CT molecular complexity index is 389. The number of hydrogen-bond donors (Lipinski definition) is 1. The van der Waals surface area contributed by atoms with Gasteiger partial charge in [-0.1, -0.05) is 13.8 Å². The number of rotatable bonds is 4. The van der Waals surface area contributed by atoms with Crippen LogP contribution in [0.25, 0.3) is 0 Å². The van der Waals surface area contributed by atoms with Gasteiger partial charge in [0.2, 0.25) is 0 Å². The molecule has 1 atom stereocenters. The average Bonchev–Trinajstić information content (AvgIpc) is 2.50. The molecule has 1 unspecified atom stereocenters. The Balaban J connectivity index is 3.43. The molecule has 0 saturated carbocycles. The Morgan fingerprint density at radius 3 is 2.33 bits per heavy atom. The van der Waals surface area contributed by atoms with E-state index in [1.807, 2.05) is 25.5 Å². The largest absolute Gasteiger partial charge is 0.393 e. The molecule has 86 valence electrons. The molecule has 1 aromatic rings. The first kappa shape index (κ1) is 11.9. The second-order valence-electron chi connectivity index (χ2n) is 3.84. The van der Waals surface area contributed by atoms with Gasteiger partial charge in [0.25, 0.3) is 5.56 Å². The van der Waals surface area contributed by atoms with Gasteiger partial charge in [-0.15, -0.1) is 0 Å². The number of nitrogens with zero attached hydrogens (tertiary/aromatic N) is 2. The average molecular weight is 211 g/mol. The highest BCUT2D eigenvalue weighted by atomic mass is 16.1. The van der Waals surface area contributed by atoms with Crippen molar-refractivity contribution in [3.63, 3.8) is 0 Å². The molecule has 0 bridgehead atoms. The molecule has 0 spiro atoms. The molecule has 2 N–H and O–H groups in total. The predicted octanol–water partition coefficient (Wildman–Crippen LogP) is 1.79. The highest BCUT2D eigenvalue weighted by molar-refractivity contribution is 5.41. The summed E-state index contributed by atoms with van der Waals surface area (Å²) in [5.41, 5.74) is 7.17. The summed E-state index contributed by atoms with van der Waals surface area (Å²) in [7, 11) is 0. The lowest BCUT2D eigenvalue weighted by Gasteiger charge is -2.17. The Hall–Kier alpha value is -1.19. The maximum Gasteiger partial charge on any atom is 0.290 e. The summed E-state index contributed by atoms with van der Waals surface area (Å²) in [4.78, 5) is 11.9. The van der Waals surface area contributed by atoms with Crippen LogP contribution in [0.1, 0.15) is 45.9 Å². The fourth-order valence-electron chi connectivity index (χ4n) is 1.95. The molecule has 4 heteroatoms. The second-order valence-corrected chi connectivity index (χ2v) is 3.84. The molecule has 0 aliphatic heterocycles. The smallest absolute Gasteiger partial charge is 0.290 e. The van der Waals surface area contributed by atoms with Gasteiger partial charge in [0, 0.05) is 6.54 Å². The first-order valence-electron chi connectivity index (χ1n) is 5.67. The van der Waals surface area contributed by atoms with E-state index in [-0.39, 0.29) is 11.6 Å². The van der Waals surface area contributed by atoms with E-state index in [1.54, 1.807) is 4.68 Å². The third-order valence-electron chi connectivity index (χ3n) is 2.96. The molecular weight excluding hydrogens is 190 g/mol. The summed E-state index contributed by atoms with van der Waals surface area (Å²) >= 11 is 0. The lowest BCUT2D eigenvalue weighted by Crippen LogP contribution is -2.26. The van der Waals surface area contributed by atoms with Crippen LogP contribution in [0.15, 0.2) is 4.79 Å². The molecule has 1 rings (SSSR count). The summed E-state index contributed by atoms with van der Waals surface area (Å²) in [6.07, 6.45) is 1.74. The van der Waals surface area contributed by atoms with Gasteiger partial charge in [-0.05, 0) is 26.7 Å². The van der Waals surface area contributed by atoms with Crippen molar-refractivity contribution in [2.75, 3.05) is 5.73 Å². The van der Waals surface area contributed by atoms with Crippen LogP contribution in [0.4, 0.5) is 5.69 Å². The number of nitrogens with two attached hydrogens (primary N) is 1. The highest BCUT2D eigenvalue weighted by Gasteiger charge is 2.17. The van der Waals surface area contributed by atoms with Crippen LogP contribution in [0.2, 0.25) is 0 Å². The van der Waals surface area contributed by atoms with Crippen molar-refractivity contribution < 1.29 is 0 Å².